The van der Waals surface area contributed by atoms with E-state index in [1.165, 1.54) is 29.2 Å². The molecule has 0 atom stereocenters. The third-order valence-electron chi connectivity index (χ3n) is 3.97. The van der Waals surface area contributed by atoms with Crippen LogP contribution in [0.1, 0.15) is 22.8 Å². The fourth-order valence-corrected chi connectivity index (χ4v) is 2.54. The van der Waals surface area contributed by atoms with Crippen LogP contribution in [0.2, 0.25) is 5.02 Å². The fraction of sp³-hybridized carbons (Fsp3) is 0.250. The van der Waals surface area contributed by atoms with Gasteiger partial charge in [-0.05, 0) is 55.8 Å². The zero-order valence-electron chi connectivity index (χ0n) is 15.6. The number of benzene rings is 2. The number of anilines is 1. The number of esters is 1. The number of hydrogen-bond acceptors (Lipinski definition) is 5. The average molecular weight is 405 g/mol. The van der Waals surface area contributed by atoms with Gasteiger partial charge in [0.25, 0.3) is 5.91 Å². The van der Waals surface area contributed by atoms with Gasteiger partial charge in [-0.3, -0.25) is 9.59 Å². The predicted molar refractivity (Wildman–Crippen MR) is 105 cm³/mol. The summed E-state index contributed by atoms with van der Waals surface area (Å²) in [7, 11) is 0. The van der Waals surface area contributed by atoms with E-state index in [9.17, 15) is 19.5 Å². The number of phenolic OH excluding ortho intramolecular Hbond substituents is 1. The molecule has 0 spiro atoms. The van der Waals surface area contributed by atoms with Crippen molar-refractivity contribution in [1.82, 2.24) is 4.90 Å². The largest absolute Gasteiger partial charge is 0.508 e. The van der Waals surface area contributed by atoms with Crippen molar-refractivity contribution in [3.8, 4) is 5.75 Å². The SMILES string of the molecule is CCN(CC(=O)Nc1cc(Cl)ccc1C)C(=O)COC(=O)c1ccc(O)cc1. The van der Waals surface area contributed by atoms with Gasteiger partial charge >= 0.3 is 5.97 Å². The lowest BCUT2D eigenvalue weighted by Gasteiger charge is -2.20. The maximum atomic E-state index is 12.3. The summed E-state index contributed by atoms with van der Waals surface area (Å²) >= 11 is 5.94. The van der Waals surface area contributed by atoms with E-state index in [0.29, 0.717) is 10.7 Å². The standard InChI is InChI=1S/C20H21ClN2O5/c1-3-23(11-18(25)22-17-10-15(21)7-4-13(17)2)19(26)12-28-20(27)14-5-8-16(24)9-6-14/h4-10,24H,3,11-12H2,1-2H3,(H,22,25). The molecule has 2 aromatic rings. The lowest BCUT2D eigenvalue weighted by molar-refractivity contribution is -0.137. The average Bonchev–Trinajstić information content (AvgIpc) is 2.67. The molecule has 0 aliphatic carbocycles. The number of carbonyl (C=O) groups excluding carboxylic acids is 3. The van der Waals surface area contributed by atoms with Gasteiger partial charge in [0.05, 0.1) is 12.1 Å². The van der Waals surface area contributed by atoms with Crippen molar-refractivity contribution in [2.24, 2.45) is 0 Å². The Balaban J connectivity index is 1.90. The van der Waals surface area contributed by atoms with Crippen LogP contribution in [0, 0.1) is 6.92 Å². The minimum Gasteiger partial charge on any atom is -0.508 e. The first-order chi connectivity index (χ1) is 13.3. The number of halogens is 1. The third-order valence-corrected chi connectivity index (χ3v) is 4.21. The van der Waals surface area contributed by atoms with Gasteiger partial charge in [-0.1, -0.05) is 17.7 Å². The second-order valence-electron chi connectivity index (χ2n) is 6.04. The maximum absolute atomic E-state index is 12.3. The molecule has 0 radical (unpaired) electrons. The van der Waals surface area contributed by atoms with Gasteiger partial charge in [0, 0.05) is 17.3 Å². The zero-order valence-corrected chi connectivity index (χ0v) is 16.3. The molecule has 2 amide bonds. The Morgan fingerprint density at radius 3 is 2.46 bits per heavy atom. The molecule has 2 aromatic carbocycles. The number of phenols is 1. The number of aromatic hydroxyl groups is 1. The van der Waals surface area contributed by atoms with Crippen molar-refractivity contribution in [1.29, 1.82) is 0 Å². The molecule has 0 saturated carbocycles. The van der Waals surface area contributed by atoms with Gasteiger partial charge in [-0.25, -0.2) is 4.79 Å². The van der Waals surface area contributed by atoms with Gasteiger partial charge in [-0.2, -0.15) is 0 Å². The molecule has 0 aliphatic heterocycles. The first-order valence-corrected chi connectivity index (χ1v) is 8.98. The molecule has 8 heteroatoms. The minimum absolute atomic E-state index is 0.0192. The highest BCUT2D eigenvalue weighted by Crippen LogP contribution is 2.20. The molecule has 2 N–H and O–H groups in total. The van der Waals surface area contributed by atoms with Crippen LogP contribution in [0.25, 0.3) is 0 Å². The summed E-state index contributed by atoms with van der Waals surface area (Å²) < 4.78 is 4.99. The van der Waals surface area contributed by atoms with E-state index in [-0.39, 0.29) is 30.3 Å². The van der Waals surface area contributed by atoms with Gasteiger partial charge in [-0.15, -0.1) is 0 Å². The van der Waals surface area contributed by atoms with E-state index in [1.54, 1.807) is 25.1 Å². The van der Waals surface area contributed by atoms with E-state index in [0.717, 1.165) is 5.56 Å². The van der Waals surface area contributed by atoms with E-state index >= 15 is 0 Å². The normalized spacial score (nSPS) is 10.2. The van der Waals surface area contributed by atoms with Crippen LogP contribution in [-0.2, 0) is 14.3 Å². The number of carbonyl (C=O) groups is 3. The van der Waals surface area contributed by atoms with Crippen LogP contribution >= 0.6 is 11.6 Å². The molecule has 0 bridgehead atoms. The summed E-state index contributed by atoms with van der Waals surface area (Å²) in [5, 5.41) is 12.4. The molecule has 28 heavy (non-hydrogen) atoms. The van der Waals surface area contributed by atoms with Crippen molar-refractivity contribution in [3.63, 3.8) is 0 Å². The second kappa shape index (κ2) is 9.75. The van der Waals surface area contributed by atoms with Crippen molar-refractivity contribution >= 4 is 35.1 Å². The van der Waals surface area contributed by atoms with E-state index in [2.05, 4.69) is 5.32 Å². The highest BCUT2D eigenvalue weighted by molar-refractivity contribution is 6.31. The number of nitrogens with zero attached hydrogens (tertiary/aromatic N) is 1. The number of aryl methyl sites for hydroxylation is 1. The summed E-state index contributed by atoms with van der Waals surface area (Å²) in [6.07, 6.45) is 0. The molecule has 0 unspecified atom stereocenters. The lowest BCUT2D eigenvalue weighted by Crippen LogP contribution is -2.40. The van der Waals surface area contributed by atoms with Gasteiger partial charge < -0.3 is 20.1 Å². The van der Waals surface area contributed by atoms with Gasteiger partial charge in [0.2, 0.25) is 5.91 Å². The molecular formula is C20H21ClN2O5. The van der Waals surface area contributed by atoms with Crippen LogP contribution in [0.5, 0.6) is 5.75 Å². The summed E-state index contributed by atoms with van der Waals surface area (Å²) in [5.41, 5.74) is 1.62. The number of rotatable bonds is 7. The van der Waals surface area contributed by atoms with Crippen LogP contribution in [0.3, 0.4) is 0 Å². The first-order valence-electron chi connectivity index (χ1n) is 8.60. The van der Waals surface area contributed by atoms with Crippen LogP contribution in [-0.4, -0.2) is 47.5 Å². The first kappa shape index (κ1) is 21.2. The Labute approximate surface area is 167 Å². The van der Waals surface area contributed by atoms with Crippen molar-refractivity contribution < 1.29 is 24.2 Å². The van der Waals surface area contributed by atoms with Crippen LogP contribution in [0.15, 0.2) is 42.5 Å². The Bertz CT molecular complexity index is 867. The molecule has 0 aromatic heterocycles. The van der Waals surface area contributed by atoms with E-state index in [4.69, 9.17) is 16.3 Å². The molecule has 148 valence electrons. The molecular weight excluding hydrogens is 384 g/mol. The van der Waals surface area contributed by atoms with E-state index in [1.807, 2.05) is 6.92 Å². The van der Waals surface area contributed by atoms with Crippen molar-refractivity contribution in [2.45, 2.75) is 13.8 Å². The Morgan fingerprint density at radius 2 is 1.82 bits per heavy atom. The fourth-order valence-electron chi connectivity index (χ4n) is 2.37. The highest BCUT2D eigenvalue weighted by Gasteiger charge is 2.18. The second-order valence-corrected chi connectivity index (χ2v) is 6.47. The summed E-state index contributed by atoms with van der Waals surface area (Å²) in [6, 6.07) is 10.6. The van der Waals surface area contributed by atoms with Crippen LogP contribution in [0.4, 0.5) is 5.69 Å². The summed E-state index contributed by atoms with van der Waals surface area (Å²) in [6.45, 7) is 3.15. The molecule has 7 nitrogen and oxygen atoms in total. The molecule has 0 aliphatic rings. The molecule has 0 heterocycles. The quantitative estimate of drug-likeness (QED) is 0.691. The monoisotopic (exact) mass is 404 g/mol. The zero-order chi connectivity index (χ0) is 20.7. The Kier molecular flexibility index (Phi) is 7.40. The van der Waals surface area contributed by atoms with Gasteiger partial charge in [0.15, 0.2) is 6.61 Å². The van der Waals surface area contributed by atoms with E-state index < -0.39 is 18.5 Å². The number of hydrogen-bond donors (Lipinski definition) is 2. The lowest BCUT2D eigenvalue weighted by atomic mass is 10.2. The summed E-state index contributed by atoms with van der Waals surface area (Å²) in [5.74, 6) is -1.55. The predicted octanol–water partition coefficient (Wildman–Crippen LogP) is 3.00. The number of amides is 2. The Morgan fingerprint density at radius 1 is 1.14 bits per heavy atom. The molecule has 0 fully saturated rings. The van der Waals surface area contributed by atoms with Crippen LogP contribution < -0.4 is 5.32 Å². The van der Waals surface area contributed by atoms with Gasteiger partial charge in [0.1, 0.15) is 5.75 Å². The molecule has 0 saturated heterocycles. The Hall–Kier alpha value is -3.06. The minimum atomic E-state index is -0.691. The van der Waals surface area contributed by atoms with Crippen molar-refractivity contribution in [3.05, 3.63) is 58.6 Å². The summed E-state index contributed by atoms with van der Waals surface area (Å²) in [4.78, 5) is 37.8. The van der Waals surface area contributed by atoms with Crippen molar-refractivity contribution in [2.75, 3.05) is 25.0 Å². The maximum Gasteiger partial charge on any atom is 0.338 e. The number of ether oxygens (including phenoxy) is 1. The molecule has 2 rings (SSSR count). The number of nitrogens with one attached hydrogen (secondary N) is 1. The topological polar surface area (TPSA) is 95.9 Å². The third kappa shape index (κ3) is 5.99. The number of likely N-dealkylation sites (N-methyl/N-ethyl adjacent to an activating group) is 1. The smallest absolute Gasteiger partial charge is 0.338 e. The highest BCUT2D eigenvalue weighted by atomic mass is 35.5.